The van der Waals surface area contributed by atoms with Crippen molar-refractivity contribution in [2.24, 2.45) is 0 Å². The van der Waals surface area contributed by atoms with E-state index >= 15 is 0 Å². The molecular formula is C13H18F3NO3. The molecule has 20 heavy (non-hydrogen) atoms. The first-order chi connectivity index (χ1) is 9.41. The van der Waals surface area contributed by atoms with Crippen LogP contribution in [0.25, 0.3) is 0 Å². The number of β-amino-alcohol motifs (C(OH)–C–C–N with tert-alkyl or cyclic N) is 1. The largest absolute Gasteiger partial charge is 0.462 e. The summed E-state index contributed by atoms with van der Waals surface area (Å²) in [4.78, 5) is 1.62. The Morgan fingerprint density at radius 1 is 1.50 bits per heavy atom. The Kier molecular flexibility index (Phi) is 4.72. The number of likely N-dealkylation sites (tertiary alicyclic amines) is 1. The summed E-state index contributed by atoms with van der Waals surface area (Å²) in [6.45, 7) is 0.435. The van der Waals surface area contributed by atoms with E-state index in [0.717, 1.165) is 12.8 Å². The fourth-order valence-corrected chi connectivity index (χ4v) is 2.49. The molecule has 0 unspecified atom stereocenters. The summed E-state index contributed by atoms with van der Waals surface area (Å²) in [6.07, 6.45) is -5.39. The quantitative estimate of drug-likeness (QED) is 0.906. The molecule has 0 radical (unpaired) electrons. The van der Waals surface area contributed by atoms with E-state index in [1.165, 1.54) is 0 Å². The van der Waals surface area contributed by atoms with Crippen molar-refractivity contribution in [1.82, 2.24) is 4.90 Å². The molecule has 2 atom stereocenters. The lowest BCUT2D eigenvalue weighted by atomic mass is 10.1. The van der Waals surface area contributed by atoms with E-state index in [-0.39, 0.29) is 6.04 Å². The van der Waals surface area contributed by atoms with Crippen LogP contribution in [0.4, 0.5) is 13.2 Å². The molecule has 0 amide bonds. The number of methoxy groups -OCH3 is 1. The first-order valence-electron chi connectivity index (χ1n) is 6.48. The fourth-order valence-electron chi connectivity index (χ4n) is 2.49. The molecule has 1 fully saturated rings. The van der Waals surface area contributed by atoms with Crippen molar-refractivity contribution in [1.29, 1.82) is 0 Å². The van der Waals surface area contributed by atoms with Crippen molar-refractivity contribution in [2.45, 2.75) is 37.8 Å². The van der Waals surface area contributed by atoms with E-state index in [4.69, 9.17) is 9.15 Å². The third-order valence-corrected chi connectivity index (χ3v) is 3.45. The third-order valence-electron chi connectivity index (χ3n) is 3.45. The Morgan fingerprint density at radius 2 is 2.25 bits per heavy atom. The van der Waals surface area contributed by atoms with Gasteiger partial charge >= 0.3 is 6.18 Å². The summed E-state index contributed by atoms with van der Waals surface area (Å²) in [5.74, 6) is 1.27. The van der Waals surface area contributed by atoms with Crippen LogP contribution in [0, 0.1) is 0 Å². The summed E-state index contributed by atoms with van der Waals surface area (Å²) < 4.78 is 47.8. The molecule has 1 saturated heterocycles. The van der Waals surface area contributed by atoms with Gasteiger partial charge in [0.2, 0.25) is 0 Å². The summed E-state index contributed by atoms with van der Waals surface area (Å²) in [5, 5.41) is 9.18. The van der Waals surface area contributed by atoms with Crippen molar-refractivity contribution in [2.75, 3.05) is 20.2 Å². The van der Waals surface area contributed by atoms with E-state index in [1.807, 2.05) is 0 Å². The fraction of sp³-hybridized carbons (Fsp3) is 0.692. The second-order valence-corrected chi connectivity index (χ2v) is 4.95. The van der Waals surface area contributed by atoms with Gasteiger partial charge in [0, 0.05) is 13.7 Å². The van der Waals surface area contributed by atoms with Crippen LogP contribution in [0.2, 0.25) is 0 Å². The number of nitrogens with zero attached hydrogens (tertiary/aromatic N) is 1. The number of halogens is 3. The zero-order valence-corrected chi connectivity index (χ0v) is 11.2. The molecule has 0 aromatic carbocycles. The van der Waals surface area contributed by atoms with E-state index < -0.39 is 18.8 Å². The van der Waals surface area contributed by atoms with Gasteiger partial charge in [-0.2, -0.15) is 13.2 Å². The number of alkyl halides is 3. The smallest absolute Gasteiger partial charge is 0.415 e. The van der Waals surface area contributed by atoms with Crippen LogP contribution in [0.1, 0.15) is 30.4 Å². The molecule has 4 nitrogen and oxygen atoms in total. The first kappa shape index (κ1) is 15.3. The van der Waals surface area contributed by atoms with E-state index in [9.17, 15) is 18.3 Å². The minimum Gasteiger partial charge on any atom is -0.462 e. The van der Waals surface area contributed by atoms with Gasteiger partial charge in [0.1, 0.15) is 18.1 Å². The number of furan rings is 1. The van der Waals surface area contributed by atoms with E-state index in [2.05, 4.69) is 0 Å². The molecule has 0 spiro atoms. The predicted molar refractivity (Wildman–Crippen MR) is 65.0 cm³/mol. The van der Waals surface area contributed by atoms with Gasteiger partial charge in [-0.15, -0.1) is 0 Å². The van der Waals surface area contributed by atoms with Gasteiger partial charge in [-0.1, -0.05) is 0 Å². The molecule has 0 bridgehead atoms. The highest BCUT2D eigenvalue weighted by atomic mass is 19.4. The molecular weight excluding hydrogens is 275 g/mol. The number of rotatable bonds is 5. The van der Waals surface area contributed by atoms with Gasteiger partial charge in [-0.25, -0.2) is 0 Å². The van der Waals surface area contributed by atoms with E-state index in [1.54, 1.807) is 24.1 Å². The highest BCUT2D eigenvalue weighted by Gasteiger charge is 2.41. The topological polar surface area (TPSA) is 45.8 Å². The average Bonchev–Trinajstić information content (AvgIpc) is 2.97. The molecule has 1 aromatic heterocycles. The van der Waals surface area contributed by atoms with Gasteiger partial charge < -0.3 is 14.3 Å². The SMILES string of the molecule is COCc1ccc([C@H]2CCCN2C[C@@H](O)C(F)(F)F)o1. The zero-order chi connectivity index (χ0) is 14.8. The molecule has 0 aliphatic carbocycles. The molecule has 2 rings (SSSR count). The Bertz CT molecular complexity index is 433. The molecule has 114 valence electrons. The number of hydrogen-bond acceptors (Lipinski definition) is 4. The number of hydrogen-bond donors (Lipinski definition) is 1. The lowest BCUT2D eigenvalue weighted by Gasteiger charge is -2.26. The van der Waals surface area contributed by atoms with Crippen LogP contribution >= 0.6 is 0 Å². The van der Waals surface area contributed by atoms with Crippen LogP contribution in [-0.4, -0.2) is 42.5 Å². The van der Waals surface area contributed by atoms with Crippen molar-refractivity contribution in [3.05, 3.63) is 23.7 Å². The molecule has 7 heteroatoms. The predicted octanol–water partition coefficient (Wildman–Crippen LogP) is 2.49. The summed E-state index contributed by atoms with van der Waals surface area (Å²) >= 11 is 0. The highest BCUT2D eigenvalue weighted by Crippen LogP contribution is 2.34. The summed E-state index contributed by atoms with van der Waals surface area (Å²) in [7, 11) is 1.55. The van der Waals surface area contributed by atoms with Crippen LogP contribution < -0.4 is 0 Å². The zero-order valence-electron chi connectivity index (χ0n) is 11.2. The van der Waals surface area contributed by atoms with Gasteiger partial charge in [-0.05, 0) is 31.5 Å². The molecule has 0 saturated carbocycles. The molecule has 1 N–H and O–H groups in total. The Hall–Kier alpha value is -1.05. The van der Waals surface area contributed by atoms with Crippen molar-refractivity contribution < 1.29 is 27.4 Å². The van der Waals surface area contributed by atoms with Crippen LogP contribution in [0.3, 0.4) is 0 Å². The monoisotopic (exact) mass is 293 g/mol. The average molecular weight is 293 g/mol. The van der Waals surface area contributed by atoms with E-state index in [0.29, 0.717) is 24.7 Å². The van der Waals surface area contributed by atoms with Gasteiger partial charge in [0.15, 0.2) is 6.10 Å². The summed E-state index contributed by atoms with van der Waals surface area (Å²) in [5.41, 5.74) is 0. The maximum absolute atomic E-state index is 12.4. The highest BCUT2D eigenvalue weighted by molar-refractivity contribution is 5.12. The summed E-state index contributed by atoms with van der Waals surface area (Å²) in [6, 6.07) is 3.31. The number of aliphatic hydroxyl groups excluding tert-OH is 1. The number of aliphatic hydroxyl groups is 1. The maximum atomic E-state index is 12.4. The third kappa shape index (κ3) is 3.53. The second kappa shape index (κ2) is 6.15. The lowest BCUT2D eigenvalue weighted by Crippen LogP contribution is -2.40. The first-order valence-corrected chi connectivity index (χ1v) is 6.48. The Morgan fingerprint density at radius 3 is 2.90 bits per heavy atom. The van der Waals surface area contributed by atoms with Gasteiger partial charge in [0.25, 0.3) is 0 Å². The normalized spacial score (nSPS) is 22.4. The molecule has 1 aromatic rings. The minimum absolute atomic E-state index is 0.211. The van der Waals surface area contributed by atoms with Crippen molar-refractivity contribution >= 4 is 0 Å². The van der Waals surface area contributed by atoms with Crippen LogP contribution in [-0.2, 0) is 11.3 Å². The Labute approximate surface area is 115 Å². The van der Waals surface area contributed by atoms with Crippen LogP contribution in [0.5, 0.6) is 0 Å². The van der Waals surface area contributed by atoms with Crippen LogP contribution in [0.15, 0.2) is 16.5 Å². The molecule has 2 heterocycles. The molecule has 1 aliphatic heterocycles. The molecule has 1 aliphatic rings. The number of ether oxygens (including phenoxy) is 1. The van der Waals surface area contributed by atoms with Gasteiger partial charge in [-0.3, -0.25) is 4.90 Å². The second-order valence-electron chi connectivity index (χ2n) is 4.95. The minimum atomic E-state index is -4.59. The Balaban J connectivity index is 2.03. The van der Waals surface area contributed by atoms with Gasteiger partial charge in [0.05, 0.1) is 6.04 Å². The standard InChI is InChI=1S/C13H18F3NO3/c1-19-8-9-4-5-11(20-9)10-3-2-6-17(10)7-12(18)13(14,15)16/h4-5,10,12,18H,2-3,6-8H2,1H3/t10-,12-/m1/s1. The van der Waals surface area contributed by atoms with Crippen molar-refractivity contribution in [3.8, 4) is 0 Å². The van der Waals surface area contributed by atoms with Crippen molar-refractivity contribution in [3.63, 3.8) is 0 Å². The lowest BCUT2D eigenvalue weighted by molar-refractivity contribution is -0.208. The maximum Gasteiger partial charge on any atom is 0.415 e.